The summed E-state index contributed by atoms with van der Waals surface area (Å²) in [4.78, 5) is 0. The summed E-state index contributed by atoms with van der Waals surface area (Å²) in [7, 11) is 0. The third-order valence-electron chi connectivity index (χ3n) is 3.46. The fourth-order valence-electron chi connectivity index (χ4n) is 2.30. The maximum atomic E-state index is 6.11. The molecule has 2 nitrogen and oxygen atoms in total. The second kappa shape index (κ2) is 7.37. The summed E-state index contributed by atoms with van der Waals surface area (Å²) in [6.07, 6.45) is 0.987. The van der Waals surface area contributed by atoms with Crippen LogP contribution in [-0.2, 0) is 0 Å². The quantitative estimate of drug-likeness (QED) is 0.749. The van der Waals surface area contributed by atoms with Crippen molar-refractivity contribution in [2.75, 3.05) is 11.9 Å². The minimum Gasteiger partial charge on any atom is -0.492 e. The maximum Gasteiger partial charge on any atom is 0.142 e. The second-order valence-corrected chi connectivity index (χ2v) is 5.53. The van der Waals surface area contributed by atoms with Crippen molar-refractivity contribution in [2.24, 2.45) is 0 Å². The molecule has 2 aromatic rings. The summed E-state index contributed by atoms with van der Waals surface area (Å²) in [5.41, 5.74) is 3.48. The van der Waals surface area contributed by atoms with Crippen LogP contribution in [0.4, 0.5) is 5.69 Å². The van der Waals surface area contributed by atoms with Crippen LogP contribution in [0.3, 0.4) is 0 Å². The molecule has 0 radical (unpaired) electrons. The number of hydrogen-bond donors (Lipinski definition) is 1. The molecule has 0 amide bonds. The lowest BCUT2D eigenvalue weighted by atomic mass is 10.0. The van der Waals surface area contributed by atoms with E-state index in [1.807, 2.05) is 25.1 Å². The third-order valence-corrected chi connectivity index (χ3v) is 3.69. The Morgan fingerprint density at radius 1 is 1.10 bits per heavy atom. The molecule has 112 valence electrons. The summed E-state index contributed by atoms with van der Waals surface area (Å²) in [6.45, 7) is 6.89. The maximum absolute atomic E-state index is 6.11. The minimum absolute atomic E-state index is 0.239. The van der Waals surface area contributed by atoms with E-state index in [4.69, 9.17) is 16.3 Å². The molecule has 0 fully saturated rings. The van der Waals surface area contributed by atoms with Gasteiger partial charge in [-0.2, -0.15) is 0 Å². The van der Waals surface area contributed by atoms with Crippen LogP contribution in [-0.4, -0.2) is 6.61 Å². The van der Waals surface area contributed by atoms with Crippen molar-refractivity contribution >= 4 is 17.3 Å². The van der Waals surface area contributed by atoms with Gasteiger partial charge in [0.15, 0.2) is 0 Å². The summed E-state index contributed by atoms with van der Waals surface area (Å²) in [6, 6.07) is 14.5. The molecule has 0 bridgehead atoms. The summed E-state index contributed by atoms with van der Waals surface area (Å²) < 4.78 is 5.67. The second-order valence-electron chi connectivity index (χ2n) is 5.09. The van der Waals surface area contributed by atoms with E-state index in [0.717, 1.165) is 17.9 Å². The standard InChI is InChI=1S/C18H22ClNO/c1-4-16(14-8-6-13(3)7-9-14)20-17-12-15(19)10-11-18(17)21-5-2/h6-12,16,20H,4-5H2,1-3H3. The van der Waals surface area contributed by atoms with Gasteiger partial charge in [0, 0.05) is 5.02 Å². The first-order chi connectivity index (χ1) is 10.1. The predicted octanol–water partition coefficient (Wildman–Crippen LogP) is 5.61. The molecule has 0 aromatic heterocycles. The number of rotatable bonds is 6. The van der Waals surface area contributed by atoms with E-state index in [9.17, 15) is 0 Å². The lowest BCUT2D eigenvalue weighted by molar-refractivity contribution is 0.341. The Bertz CT molecular complexity index is 580. The Kier molecular flexibility index (Phi) is 5.51. The molecule has 0 aliphatic rings. The van der Waals surface area contributed by atoms with Crippen molar-refractivity contribution in [1.82, 2.24) is 0 Å². The van der Waals surface area contributed by atoms with E-state index in [0.29, 0.717) is 11.6 Å². The molecule has 2 aromatic carbocycles. The van der Waals surface area contributed by atoms with Gasteiger partial charge in [-0.25, -0.2) is 0 Å². The normalized spacial score (nSPS) is 12.0. The average molecular weight is 304 g/mol. The van der Waals surface area contributed by atoms with E-state index in [2.05, 4.69) is 43.4 Å². The van der Waals surface area contributed by atoms with Gasteiger partial charge in [-0.15, -0.1) is 0 Å². The molecule has 1 atom stereocenters. The van der Waals surface area contributed by atoms with E-state index in [-0.39, 0.29) is 6.04 Å². The van der Waals surface area contributed by atoms with Crippen LogP contribution in [0.15, 0.2) is 42.5 Å². The summed E-state index contributed by atoms with van der Waals surface area (Å²) in [5, 5.41) is 4.26. The molecule has 1 N–H and O–H groups in total. The number of halogens is 1. The van der Waals surface area contributed by atoms with Gasteiger partial charge in [-0.05, 0) is 44.0 Å². The van der Waals surface area contributed by atoms with Gasteiger partial charge in [0.25, 0.3) is 0 Å². The summed E-state index contributed by atoms with van der Waals surface area (Å²) in [5.74, 6) is 0.840. The van der Waals surface area contributed by atoms with Gasteiger partial charge < -0.3 is 10.1 Å². The van der Waals surface area contributed by atoms with Gasteiger partial charge in [0.2, 0.25) is 0 Å². The predicted molar refractivity (Wildman–Crippen MR) is 90.5 cm³/mol. The molecule has 0 saturated carbocycles. The summed E-state index contributed by atoms with van der Waals surface area (Å²) >= 11 is 6.11. The Hall–Kier alpha value is -1.67. The van der Waals surface area contributed by atoms with Crippen molar-refractivity contribution in [3.63, 3.8) is 0 Å². The zero-order valence-corrected chi connectivity index (χ0v) is 13.6. The smallest absolute Gasteiger partial charge is 0.142 e. The molecule has 3 heteroatoms. The first-order valence-corrected chi connectivity index (χ1v) is 7.77. The zero-order chi connectivity index (χ0) is 15.2. The van der Waals surface area contributed by atoms with Gasteiger partial charge >= 0.3 is 0 Å². The first kappa shape index (κ1) is 15.7. The topological polar surface area (TPSA) is 21.3 Å². The highest BCUT2D eigenvalue weighted by Crippen LogP contribution is 2.32. The number of anilines is 1. The van der Waals surface area contributed by atoms with E-state index in [1.165, 1.54) is 11.1 Å². The van der Waals surface area contributed by atoms with Crippen molar-refractivity contribution in [1.29, 1.82) is 0 Å². The van der Waals surface area contributed by atoms with E-state index >= 15 is 0 Å². The van der Waals surface area contributed by atoms with Crippen molar-refractivity contribution in [2.45, 2.75) is 33.2 Å². The van der Waals surface area contributed by atoms with Crippen molar-refractivity contribution < 1.29 is 4.74 Å². The average Bonchev–Trinajstić information content (AvgIpc) is 2.48. The Morgan fingerprint density at radius 2 is 1.81 bits per heavy atom. The molecule has 1 unspecified atom stereocenters. The van der Waals surface area contributed by atoms with Gasteiger partial charge in [0.05, 0.1) is 18.3 Å². The van der Waals surface area contributed by atoms with Crippen molar-refractivity contribution in [3.05, 3.63) is 58.6 Å². The fourth-order valence-corrected chi connectivity index (χ4v) is 2.48. The highest BCUT2D eigenvalue weighted by Gasteiger charge is 2.12. The van der Waals surface area contributed by atoms with Crippen LogP contribution in [0.1, 0.15) is 37.4 Å². The zero-order valence-electron chi connectivity index (χ0n) is 12.8. The Labute approximate surface area is 132 Å². The van der Waals surface area contributed by atoms with E-state index < -0.39 is 0 Å². The Morgan fingerprint density at radius 3 is 2.43 bits per heavy atom. The largest absolute Gasteiger partial charge is 0.492 e. The SMILES string of the molecule is CCOc1ccc(Cl)cc1NC(CC)c1ccc(C)cc1. The van der Waals surface area contributed by atoms with E-state index in [1.54, 1.807) is 0 Å². The fraction of sp³-hybridized carbons (Fsp3) is 0.333. The van der Waals surface area contributed by atoms with Gasteiger partial charge in [0.1, 0.15) is 5.75 Å². The van der Waals surface area contributed by atoms with Crippen LogP contribution in [0.5, 0.6) is 5.75 Å². The molecular weight excluding hydrogens is 282 g/mol. The minimum atomic E-state index is 0.239. The number of ether oxygens (including phenoxy) is 1. The van der Waals surface area contributed by atoms with Crippen LogP contribution in [0.2, 0.25) is 5.02 Å². The van der Waals surface area contributed by atoms with Crippen LogP contribution in [0, 0.1) is 6.92 Å². The monoisotopic (exact) mass is 303 g/mol. The van der Waals surface area contributed by atoms with Gasteiger partial charge in [-0.3, -0.25) is 0 Å². The van der Waals surface area contributed by atoms with Gasteiger partial charge in [-0.1, -0.05) is 48.4 Å². The molecule has 0 spiro atoms. The van der Waals surface area contributed by atoms with Crippen molar-refractivity contribution in [3.8, 4) is 5.75 Å². The lowest BCUT2D eigenvalue weighted by Crippen LogP contribution is -2.11. The molecule has 0 aliphatic carbocycles. The van der Waals surface area contributed by atoms with Crippen LogP contribution < -0.4 is 10.1 Å². The lowest BCUT2D eigenvalue weighted by Gasteiger charge is -2.21. The molecule has 0 saturated heterocycles. The Balaban J connectivity index is 2.25. The number of aryl methyl sites for hydroxylation is 1. The highest BCUT2D eigenvalue weighted by molar-refractivity contribution is 6.30. The number of hydrogen-bond acceptors (Lipinski definition) is 2. The highest BCUT2D eigenvalue weighted by atomic mass is 35.5. The molecule has 0 heterocycles. The first-order valence-electron chi connectivity index (χ1n) is 7.39. The number of nitrogens with one attached hydrogen (secondary N) is 1. The molecule has 0 aliphatic heterocycles. The molecule has 2 rings (SSSR count). The number of benzene rings is 2. The molecule has 21 heavy (non-hydrogen) atoms. The molecular formula is C18H22ClNO. The van der Waals surface area contributed by atoms with Crippen LogP contribution >= 0.6 is 11.6 Å². The third kappa shape index (κ3) is 4.15. The van der Waals surface area contributed by atoms with Crippen LogP contribution in [0.25, 0.3) is 0 Å².